The van der Waals surface area contributed by atoms with Crippen molar-refractivity contribution in [3.8, 4) is 5.75 Å². The number of amides is 1. The zero-order valence-corrected chi connectivity index (χ0v) is 15.5. The molecule has 1 fully saturated rings. The molecule has 6 heteroatoms. The minimum Gasteiger partial charge on any atom is -0.487 e. The van der Waals surface area contributed by atoms with Crippen molar-refractivity contribution < 1.29 is 14.3 Å². The monoisotopic (exact) mass is 365 g/mol. The fourth-order valence-corrected chi connectivity index (χ4v) is 3.46. The highest BCUT2D eigenvalue weighted by Crippen LogP contribution is 2.19. The zero-order chi connectivity index (χ0) is 18.8. The quantitative estimate of drug-likeness (QED) is 0.713. The second kappa shape index (κ2) is 7.40. The van der Waals surface area contributed by atoms with E-state index in [9.17, 15) is 4.79 Å². The van der Waals surface area contributed by atoms with Crippen LogP contribution in [0.1, 0.15) is 29.9 Å². The first-order valence-electron chi connectivity index (χ1n) is 9.19. The summed E-state index contributed by atoms with van der Waals surface area (Å²) in [7, 11) is 0. The number of imidazole rings is 1. The van der Waals surface area contributed by atoms with Gasteiger partial charge in [0.05, 0.1) is 17.9 Å². The molecule has 140 valence electrons. The Morgan fingerprint density at radius 1 is 1.19 bits per heavy atom. The number of benzene rings is 1. The first kappa shape index (κ1) is 17.5. The molecule has 2 atom stereocenters. The molecule has 0 bridgehead atoms. The minimum atomic E-state index is 0.00943. The van der Waals surface area contributed by atoms with Crippen LogP contribution in [0.25, 0.3) is 5.65 Å². The maximum Gasteiger partial charge on any atom is 0.254 e. The number of hydrogen-bond donors (Lipinski definition) is 0. The number of rotatable bonds is 4. The van der Waals surface area contributed by atoms with Crippen molar-refractivity contribution in [2.45, 2.75) is 32.7 Å². The Balaban J connectivity index is 1.44. The highest BCUT2D eigenvalue weighted by Gasteiger charge is 2.26. The third kappa shape index (κ3) is 3.95. The Labute approximate surface area is 158 Å². The van der Waals surface area contributed by atoms with Crippen molar-refractivity contribution in [3.63, 3.8) is 0 Å². The molecule has 1 aliphatic rings. The van der Waals surface area contributed by atoms with Gasteiger partial charge in [0.2, 0.25) is 0 Å². The summed E-state index contributed by atoms with van der Waals surface area (Å²) in [5.41, 5.74) is 2.35. The van der Waals surface area contributed by atoms with Gasteiger partial charge in [-0.05, 0) is 44.2 Å². The van der Waals surface area contributed by atoms with Crippen LogP contribution in [0.4, 0.5) is 0 Å². The number of ether oxygens (including phenoxy) is 2. The molecule has 27 heavy (non-hydrogen) atoms. The van der Waals surface area contributed by atoms with Gasteiger partial charge in [-0.25, -0.2) is 4.98 Å². The molecular weight excluding hydrogens is 342 g/mol. The standard InChI is InChI=1S/C21H23N3O3/c1-15-11-24(12-16(2)27-15)21(25)17-6-5-7-19(10-17)26-14-18-13-23-9-4-3-8-20(23)22-18/h3-10,13,15-16H,11-12,14H2,1-2H3/t15-,16-/m1/s1. The second-order valence-corrected chi connectivity index (χ2v) is 6.98. The van der Waals surface area contributed by atoms with Crippen molar-refractivity contribution in [3.05, 3.63) is 66.1 Å². The summed E-state index contributed by atoms with van der Waals surface area (Å²) in [5, 5.41) is 0. The van der Waals surface area contributed by atoms with Gasteiger partial charge < -0.3 is 18.8 Å². The van der Waals surface area contributed by atoms with Gasteiger partial charge in [-0.15, -0.1) is 0 Å². The second-order valence-electron chi connectivity index (χ2n) is 6.98. The van der Waals surface area contributed by atoms with E-state index in [0.717, 1.165) is 11.3 Å². The summed E-state index contributed by atoms with van der Waals surface area (Å²) >= 11 is 0. The molecule has 2 aromatic heterocycles. The maximum absolute atomic E-state index is 12.8. The topological polar surface area (TPSA) is 56.1 Å². The van der Waals surface area contributed by atoms with E-state index >= 15 is 0 Å². The molecule has 1 saturated heterocycles. The number of hydrogen-bond acceptors (Lipinski definition) is 4. The fourth-order valence-electron chi connectivity index (χ4n) is 3.46. The summed E-state index contributed by atoms with van der Waals surface area (Å²) in [5.74, 6) is 0.669. The zero-order valence-electron chi connectivity index (χ0n) is 15.5. The lowest BCUT2D eigenvalue weighted by Gasteiger charge is -2.35. The number of carbonyl (C=O) groups excluding carboxylic acids is 1. The van der Waals surface area contributed by atoms with E-state index in [4.69, 9.17) is 9.47 Å². The van der Waals surface area contributed by atoms with Gasteiger partial charge in [0.1, 0.15) is 18.0 Å². The molecule has 0 N–H and O–H groups in total. The third-order valence-electron chi connectivity index (χ3n) is 4.59. The van der Waals surface area contributed by atoms with Gasteiger partial charge in [-0.1, -0.05) is 12.1 Å². The summed E-state index contributed by atoms with van der Waals surface area (Å²) in [4.78, 5) is 19.2. The van der Waals surface area contributed by atoms with E-state index in [1.165, 1.54) is 0 Å². The van der Waals surface area contributed by atoms with E-state index in [2.05, 4.69) is 4.98 Å². The highest BCUT2D eigenvalue weighted by atomic mass is 16.5. The predicted octanol–water partition coefficient (Wildman–Crippen LogP) is 3.16. The van der Waals surface area contributed by atoms with E-state index in [-0.39, 0.29) is 18.1 Å². The van der Waals surface area contributed by atoms with E-state index in [0.29, 0.717) is 31.0 Å². The van der Waals surface area contributed by atoms with E-state index in [1.54, 1.807) is 6.07 Å². The first-order valence-corrected chi connectivity index (χ1v) is 9.19. The Morgan fingerprint density at radius 3 is 2.78 bits per heavy atom. The van der Waals surface area contributed by atoms with Crippen LogP contribution in [0, 0.1) is 0 Å². The first-order chi connectivity index (χ1) is 13.1. The van der Waals surface area contributed by atoms with Crippen LogP contribution in [0.5, 0.6) is 5.75 Å². The average Bonchev–Trinajstić information content (AvgIpc) is 3.08. The normalized spacial score (nSPS) is 20.0. The molecule has 3 aromatic rings. The summed E-state index contributed by atoms with van der Waals surface area (Å²) < 4.78 is 13.5. The Hall–Kier alpha value is -2.86. The Kier molecular flexibility index (Phi) is 4.81. The summed E-state index contributed by atoms with van der Waals surface area (Å²) in [6.07, 6.45) is 4.00. The third-order valence-corrected chi connectivity index (χ3v) is 4.59. The molecular formula is C21H23N3O3. The predicted molar refractivity (Wildman–Crippen MR) is 102 cm³/mol. The van der Waals surface area contributed by atoms with Gasteiger partial charge in [-0.3, -0.25) is 4.79 Å². The van der Waals surface area contributed by atoms with Crippen LogP contribution in [0.3, 0.4) is 0 Å². The van der Waals surface area contributed by atoms with Gasteiger partial charge in [0.25, 0.3) is 5.91 Å². The number of fused-ring (bicyclic) bond motifs is 1. The summed E-state index contributed by atoms with van der Waals surface area (Å²) in [6.45, 7) is 5.55. The Bertz CT molecular complexity index is 910. The average molecular weight is 365 g/mol. The van der Waals surface area contributed by atoms with Gasteiger partial charge in [-0.2, -0.15) is 0 Å². The number of morpholine rings is 1. The smallest absolute Gasteiger partial charge is 0.254 e. The van der Waals surface area contributed by atoms with Crippen LogP contribution in [0.2, 0.25) is 0 Å². The molecule has 1 aromatic carbocycles. The molecule has 6 nitrogen and oxygen atoms in total. The fraction of sp³-hybridized carbons (Fsp3) is 0.333. The molecule has 1 aliphatic heterocycles. The SMILES string of the molecule is C[C@@H]1CN(C(=O)c2cccc(OCc3cn4ccccc4n3)c2)C[C@@H](C)O1. The van der Waals surface area contributed by atoms with Crippen molar-refractivity contribution in [1.82, 2.24) is 14.3 Å². The van der Waals surface area contributed by atoms with Gasteiger partial charge >= 0.3 is 0 Å². The van der Waals surface area contributed by atoms with Crippen molar-refractivity contribution >= 4 is 11.6 Å². The van der Waals surface area contributed by atoms with Gasteiger partial charge in [0, 0.05) is 31.0 Å². The molecule has 0 saturated carbocycles. The molecule has 0 aliphatic carbocycles. The summed E-state index contributed by atoms with van der Waals surface area (Å²) in [6, 6.07) is 13.2. The number of nitrogens with zero attached hydrogens (tertiary/aromatic N) is 3. The maximum atomic E-state index is 12.8. The van der Waals surface area contributed by atoms with Crippen LogP contribution in [-0.4, -0.2) is 45.5 Å². The van der Waals surface area contributed by atoms with E-state index in [1.807, 2.05) is 71.9 Å². The largest absolute Gasteiger partial charge is 0.487 e. The molecule has 0 unspecified atom stereocenters. The number of pyridine rings is 1. The van der Waals surface area contributed by atoms with E-state index < -0.39 is 0 Å². The minimum absolute atomic E-state index is 0.00943. The van der Waals surface area contributed by atoms with Gasteiger partial charge in [0.15, 0.2) is 0 Å². The van der Waals surface area contributed by atoms with Crippen LogP contribution < -0.4 is 4.74 Å². The lowest BCUT2D eigenvalue weighted by Crippen LogP contribution is -2.48. The lowest BCUT2D eigenvalue weighted by atomic mass is 10.1. The lowest BCUT2D eigenvalue weighted by molar-refractivity contribution is -0.0586. The van der Waals surface area contributed by atoms with Crippen LogP contribution in [-0.2, 0) is 11.3 Å². The highest BCUT2D eigenvalue weighted by molar-refractivity contribution is 5.94. The molecule has 3 heterocycles. The van der Waals surface area contributed by atoms with Crippen molar-refractivity contribution in [1.29, 1.82) is 0 Å². The molecule has 1 amide bonds. The molecule has 0 radical (unpaired) electrons. The van der Waals surface area contributed by atoms with Crippen molar-refractivity contribution in [2.75, 3.05) is 13.1 Å². The molecule has 4 rings (SSSR count). The van der Waals surface area contributed by atoms with Crippen molar-refractivity contribution in [2.24, 2.45) is 0 Å². The number of carbonyl (C=O) groups is 1. The van der Waals surface area contributed by atoms with Crippen LogP contribution in [0.15, 0.2) is 54.9 Å². The molecule has 0 spiro atoms. The Morgan fingerprint density at radius 2 is 2.00 bits per heavy atom. The number of aromatic nitrogens is 2. The van der Waals surface area contributed by atoms with Crippen LogP contribution >= 0.6 is 0 Å².